The van der Waals surface area contributed by atoms with Crippen molar-refractivity contribution < 1.29 is 18.3 Å². The zero-order chi connectivity index (χ0) is 17.6. The number of nitrogens with zero attached hydrogens (tertiary/aromatic N) is 2. The number of para-hydroxylation sites is 2. The Morgan fingerprint density at radius 2 is 2.04 bits per heavy atom. The number of rotatable bonds is 5. The van der Waals surface area contributed by atoms with Gasteiger partial charge >= 0.3 is 12.6 Å². The van der Waals surface area contributed by atoms with Gasteiger partial charge in [0, 0.05) is 25.3 Å². The van der Waals surface area contributed by atoms with E-state index in [1.165, 1.54) is 6.07 Å². The molecular formula is C17H18F2N4O2. The molecule has 2 aromatic rings. The molecule has 2 amide bonds. The number of pyridine rings is 1. The minimum absolute atomic E-state index is 0.0941. The number of urea groups is 1. The van der Waals surface area contributed by atoms with Crippen molar-refractivity contribution in [3.63, 3.8) is 0 Å². The third-order valence-corrected chi connectivity index (χ3v) is 3.85. The third-order valence-electron chi connectivity index (χ3n) is 3.85. The average Bonchev–Trinajstić information content (AvgIpc) is 3.04. The average molecular weight is 348 g/mol. The van der Waals surface area contributed by atoms with Crippen LogP contribution in [0, 0.1) is 0 Å². The Kier molecular flexibility index (Phi) is 5.27. The first kappa shape index (κ1) is 16.9. The zero-order valence-electron chi connectivity index (χ0n) is 13.4. The predicted molar refractivity (Wildman–Crippen MR) is 90.1 cm³/mol. The van der Waals surface area contributed by atoms with Crippen molar-refractivity contribution in [1.82, 2.24) is 10.3 Å². The second-order valence-electron chi connectivity index (χ2n) is 5.59. The van der Waals surface area contributed by atoms with Crippen LogP contribution in [0.15, 0.2) is 48.7 Å². The maximum atomic E-state index is 12.5. The van der Waals surface area contributed by atoms with Gasteiger partial charge in [0.05, 0.1) is 5.69 Å². The van der Waals surface area contributed by atoms with E-state index in [0.717, 1.165) is 0 Å². The highest BCUT2D eigenvalue weighted by atomic mass is 19.3. The summed E-state index contributed by atoms with van der Waals surface area (Å²) in [4.78, 5) is 18.0. The number of benzene rings is 1. The number of amides is 2. The molecule has 0 spiro atoms. The number of aromatic nitrogens is 1. The van der Waals surface area contributed by atoms with Crippen LogP contribution in [0.25, 0.3) is 0 Å². The smallest absolute Gasteiger partial charge is 0.387 e. The second kappa shape index (κ2) is 7.78. The first-order chi connectivity index (χ1) is 12.1. The van der Waals surface area contributed by atoms with Crippen LogP contribution in [0.4, 0.5) is 25.1 Å². The summed E-state index contributed by atoms with van der Waals surface area (Å²) in [5, 5.41) is 5.52. The molecule has 0 bridgehead atoms. The summed E-state index contributed by atoms with van der Waals surface area (Å²) in [5.74, 6) is 0.599. The van der Waals surface area contributed by atoms with Crippen LogP contribution in [0.5, 0.6) is 5.75 Å². The summed E-state index contributed by atoms with van der Waals surface area (Å²) >= 11 is 0. The molecule has 2 heterocycles. The van der Waals surface area contributed by atoms with E-state index in [2.05, 4.69) is 20.4 Å². The highest BCUT2D eigenvalue weighted by Gasteiger charge is 2.26. The molecule has 1 aliphatic heterocycles. The number of alkyl halides is 2. The standard InChI is InChI=1S/C17H18F2N4O2/c18-16(19)25-14-6-2-1-5-13(14)23-10-8-12(11-23)21-17(24)22-15-7-3-4-9-20-15/h1-7,9,12,16H,8,10-11H2,(H2,20,21,22,24)/t12-/m0/s1. The Morgan fingerprint density at radius 3 is 2.80 bits per heavy atom. The second-order valence-corrected chi connectivity index (χ2v) is 5.59. The van der Waals surface area contributed by atoms with E-state index < -0.39 is 6.61 Å². The van der Waals surface area contributed by atoms with E-state index in [0.29, 0.717) is 31.0 Å². The molecule has 6 nitrogen and oxygen atoms in total. The molecule has 25 heavy (non-hydrogen) atoms. The quantitative estimate of drug-likeness (QED) is 0.871. The van der Waals surface area contributed by atoms with Gasteiger partial charge in [-0.15, -0.1) is 0 Å². The largest absolute Gasteiger partial charge is 0.433 e. The molecule has 1 aromatic heterocycles. The Balaban J connectivity index is 1.58. The summed E-state index contributed by atoms with van der Waals surface area (Å²) in [7, 11) is 0. The molecular weight excluding hydrogens is 330 g/mol. The first-order valence-electron chi connectivity index (χ1n) is 7.89. The lowest BCUT2D eigenvalue weighted by Crippen LogP contribution is -2.39. The number of nitrogens with one attached hydrogen (secondary N) is 2. The van der Waals surface area contributed by atoms with Gasteiger partial charge in [0.2, 0.25) is 0 Å². The van der Waals surface area contributed by atoms with Crippen LogP contribution in [0.1, 0.15) is 6.42 Å². The molecule has 0 saturated carbocycles. The van der Waals surface area contributed by atoms with Crippen molar-refractivity contribution in [2.75, 3.05) is 23.3 Å². The van der Waals surface area contributed by atoms with Crippen molar-refractivity contribution in [1.29, 1.82) is 0 Å². The summed E-state index contributed by atoms with van der Waals surface area (Å²) in [6.45, 7) is -1.72. The number of carbonyl (C=O) groups is 1. The lowest BCUT2D eigenvalue weighted by atomic mass is 10.2. The van der Waals surface area contributed by atoms with E-state index in [-0.39, 0.29) is 17.8 Å². The zero-order valence-corrected chi connectivity index (χ0v) is 13.4. The van der Waals surface area contributed by atoms with Crippen LogP contribution >= 0.6 is 0 Å². The minimum Gasteiger partial charge on any atom is -0.433 e. The van der Waals surface area contributed by atoms with Gasteiger partial charge in [-0.05, 0) is 30.7 Å². The number of ether oxygens (including phenoxy) is 1. The fourth-order valence-electron chi connectivity index (χ4n) is 2.79. The van der Waals surface area contributed by atoms with Crippen LogP contribution < -0.4 is 20.3 Å². The van der Waals surface area contributed by atoms with Gasteiger partial charge in [-0.25, -0.2) is 9.78 Å². The molecule has 3 rings (SSSR count). The fraction of sp³-hybridized carbons (Fsp3) is 0.294. The molecule has 132 valence electrons. The van der Waals surface area contributed by atoms with E-state index in [1.54, 1.807) is 42.6 Å². The van der Waals surface area contributed by atoms with E-state index >= 15 is 0 Å². The number of hydrogen-bond donors (Lipinski definition) is 2. The van der Waals surface area contributed by atoms with Crippen molar-refractivity contribution in [3.8, 4) is 5.75 Å². The highest BCUT2D eigenvalue weighted by molar-refractivity contribution is 5.88. The van der Waals surface area contributed by atoms with Crippen LogP contribution in [0.3, 0.4) is 0 Å². The van der Waals surface area contributed by atoms with E-state index in [4.69, 9.17) is 0 Å². The monoisotopic (exact) mass is 348 g/mol. The number of hydrogen-bond acceptors (Lipinski definition) is 4. The number of halogens is 2. The highest BCUT2D eigenvalue weighted by Crippen LogP contribution is 2.31. The summed E-state index contributed by atoms with van der Waals surface area (Å²) in [5.41, 5.74) is 0.595. The summed E-state index contributed by atoms with van der Waals surface area (Å²) in [6.07, 6.45) is 2.30. The first-order valence-corrected chi connectivity index (χ1v) is 7.89. The Bertz CT molecular complexity index is 715. The van der Waals surface area contributed by atoms with Gasteiger partial charge in [-0.2, -0.15) is 8.78 Å². The number of anilines is 2. The molecule has 1 aromatic carbocycles. The molecule has 1 fully saturated rings. The van der Waals surface area contributed by atoms with Crippen molar-refractivity contribution >= 4 is 17.5 Å². The summed E-state index contributed by atoms with van der Waals surface area (Å²) < 4.78 is 29.6. The molecule has 0 unspecified atom stereocenters. The van der Waals surface area contributed by atoms with Crippen molar-refractivity contribution in [3.05, 3.63) is 48.7 Å². The third kappa shape index (κ3) is 4.56. The predicted octanol–water partition coefficient (Wildman–Crippen LogP) is 3.08. The van der Waals surface area contributed by atoms with Crippen LogP contribution in [-0.2, 0) is 0 Å². The summed E-state index contributed by atoms with van der Waals surface area (Å²) in [6, 6.07) is 11.4. The SMILES string of the molecule is O=C(Nc1ccccn1)N[C@H]1CCN(c2ccccc2OC(F)F)C1. The molecule has 8 heteroatoms. The van der Waals surface area contributed by atoms with Gasteiger partial charge in [0.1, 0.15) is 11.6 Å². The Labute approximate surface area is 143 Å². The lowest BCUT2D eigenvalue weighted by molar-refractivity contribution is -0.0495. The van der Waals surface area contributed by atoms with Gasteiger partial charge in [-0.3, -0.25) is 5.32 Å². The molecule has 2 N–H and O–H groups in total. The van der Waals surface area contributed by atoms with Crippen molar-refractivity contribution in [2.24, 2.45) is 0 Å². The maximum absolute atomic E-state index is 12.5. The Morgan fingerprint density at radius 1 is 1.24 bits per heavy atom. The number of carbonyl (C=O) groups excluding carboxylic acids is 1. The molecule has 0 aliphatic carbocycles. The topological polar surface area (TPSA) is 66.5 Å². The van der Waals surface area contributed by atoms with E-state index in [1.807, 2.05) is 4.90 Å². The normalized spacial score (nSPS) is 16.8. The lowest BCUT2D eigenvalue weighted by Gasteiger charge is -2.22. The van der Waals surface area contributed by atoms with Gasteiger partial charge in [-0.1, -0.05) is 18.2 Å². The fourth-order valence-corrected chi connectivity index (χ4v) is 2.79. The van der Waals surface area contributed by atoms with Crippen LogP contribution in [-0.4, -0.2) is 36.8 Å². The van der Waals surface area contributed by atoms with E-state index in [9.17, 15) is 13.6 Å². The van der Waals surface area contributed by atoms with Crippen molar-refractivity contribution in [2.45, 2.75) is 19.1 Å². The van der Waals surface area contributed by atoms with Gasteiger partial charge in [0.25, 0.3) is 0 Å². The minimum atomic E-state index is -2.87. The molecule has 0 radical (unpaired) electrons. The molecule has 1 atom stereocenters. The Hall–Kier alpha value is -2.90. The van der Waals surface area contributed by atoms with Gasteiger partial charge < -0.3 is 15.0 Å². The molecule has 1 aliphatic rings. The molecule has 1 saturated heterocycles. The van der Waals surface area contributed by atoms with Crippen LogP contribution in [0.2, 0.25) is 0 Å². The maximum Gasteiger partial charge on any atom is 0.387 e. The van der Waals surface area contributed by atoms with Gasteiger partial charge in [0.15, 0.2) is 0 Å².